The van der Waals surface area contributed by atoms with E-state index in [0.717, 1.165) is 9.35 Å². The Morgan fingerprint density at radius 3 is 2.65 bits per heavy atom. The number of likely N-dealkylation sites (tertiary alicyclic amines) is 1. The largest absolute Gasteiger partial charge is 0.481 e. The first-order valence-electron chi connectivity index (χ1n) is 6.43. The predicted octanol–water partition coefficient (Wildman–Crippen LogP) is 2.86. The normalized spacial score (nSPS) is 16.2. The van der Waals surface area contributed by atoms with E-state index < -0.39 is 5.97 Å². The fourth-order valence-electron chi connectivity index (χ4n) is 2.33. The molecule has 0 atom stereocenters. The van der Waals surface area contributed by atoms with Gasteiger partial charge >= 0.3 is 12.0 Å². The first-order valence-corrected chi connectivity index (χ1v) is 8.10. The van der Waals surface area contributed by atoms with Crippen molar-refractivity contribution in [3.63, 3.8) is 0 Å². The Labute approximate surface area is 130 Å². The molecule has 0 unspecified atom stereocenters. The van der Waals surface area contributed by atoms with E-state index in [1.807, 2.05) is 11.4 Å². The van der Waals surface area contributed by atoms with Gasteiger partial charge in [-0.15, -0.1) is 11.3 Å². The number of hydrogen-bond donors (Lipinski definition) is 1. The molecule has 0 aliphatic carbocycles. The summed E-state index contributed by atoms with van der Waals surface area (Å²) in [7, 11) is 1.77. The highest BCUT2D eigenvalue weighted by molar-refractivity contribution is 9.11. The van der Waals surface area contributed by atoms with E-state index in [4.69, 9.17) is 5.11 Å². The number of halogens is 1. The fourth-order valence-corrected chi connectivity index (χ4v) is 3.53. The number of carboxylic acids is 1. The van der Waals surface area contributed by atoms with Crippen molar-refractivity contribution in [3.05, 3.63) is 20.8 Å². The van der Waals surface area contributed by atoms with Crippen molar-refractivity contribution in [2.24, 2.45) is 5.92 Å². The highest BCUT2D eigenvalue weighted by Gasteiger charge is 2.28. The summed E-state index contributed by atoms with van der Waals surface area (Å²) in [6, 6.07) is 1.97. The molecule has 5 nitrogen and oxygen atoms in total. The van der Waals surface area contributed by atoms with Crippen molar-refractivity contribution in [3.8, 4) is 0 Å². The van der Waals surface area contributed by atoms with Gasteiger partial charge < -0.3 is 14.9 Å². The molecule has 2 amide bonds. The molecule has 20 heavy (non-hydrogen) atoms. The van der Waals surface area contributed by atoms with Crippen LogP contribution in [0.25, 0.3) is 0 Å². The second-order valence-corrected chi connectivity index (χ2v) is 7.29. The Balaban J connectivity index is 1.86. The quantitative estimate of drug-likeness (QED) is 0.901. The zero-order valence-electron chi connectivity index (χ0n) is 11.2. The summed E-state index contributed by atoms with van der Waals surface area (Å²) in [6.07, 6.45) is 1.08. The topological polar surface area (TPSA) is 60.9 Å². The van der Waals surface area contributed by atoms with Gasteiger partial charge in [-0.05, 0) is 45.8 Å². The Kier molecular flexibility index (Phi) is 5.04. The molecule has 1 N–H and O–H groups in total. The number of carbonyl (C=O) groups excluding carboxylic acids is 1. The summed E-state index contributed by atoms with van der Waals surface area (Å²) in [5, 5.41) is 11.0. The zero-order chi connectivity index (χ0) is 14.7. The van der Waals surface area contributed by atoms with Gasteiger partial charge in [0.15, 0.2) is 0 Å². The fraction of sp³-hybridized carbons (Fsp3) is 0.538. The van der Waals surface area contributed by atoms with E-state index in [1.54, 1.807) is 28.2 Å². The lowest BCUT2D eigenvalue weighted by atomic mass is 9.97. The van der Waals surface area contributed by atoms with Crippen molar-refractivity contribution in [2.75, 3.05) is 20.1 Å². The first-order chi connectivity index (χ1) is 9.47. The molecule has 0 spiro atoms. The van der Waals surface area contributed by atoms with Crippen molar-refractivity contribution in [2.45, 2.75) is 19.4 Å². The molecule has 0 bridgehead atoms. The lowest BCUT2D eigenvalue weighted by Crippen LogP contribution is -2.45. The maximum Gasteiger partial charge on any atom is 0.320 e. The smallest absolute Gasteiger partial charge is 0.320 e. The molecule has 1 aliphatic heterocycles. The molecule has 1 aromatic heterocycles. The minimum Gasteiger partial charge on any atom is -0.481 e. The number of thiophene rings is 1. The maximum absolute atomic E-state index is 12.3. The minimum absolute atomic E-state index is 0.0313. The first kappa shape index (κ1) is 15.3. The number of piperidine rings is 1. The van der Waals surface area contributed by atoms with Crippen LogP contribution in [0.15, 0.2) is 15.2 Å². The second-order valence-electron chi connectivity index (χ2n) is 5.00. The standard InChI is InChI=1S/C13H17BrN2O3S/c1-15(7-9-6-11(14)20-8-9)13(19)16-4-2-10(3-5-16)12(17)18/h6,8,10H,2-5,7H2,1H3,(H,17,18). The monoisotopic (exact) mass is 360 g/mol. The third-order valence-electron chi connectivity index (χ3n) is 3.48. The van der Waals surface area contributed by atoms with Crippen LogP contribution in [0, 0.1) is 5.92 Å². The van der Waals surface area contributed by atoms with Gasteiger partial charge in [-0.1, -0.05) is 0 Å². The highest BCUT2D eigenvalue weighted by atomic mass is 79.9. The summed E-state index contributed by atoms with van der Waals surface area (Å²) in [5.74, 6) is -1.06. The predicted molar refractivity (Wildman–Crippen MR) is 80.8 cm³/mol. The average molecular weight is 361 g/mol. The van der Waals surface area contributed by atoms with E-state index in [1.165, 1.54) is 0 Å². The van der Waals surface area contributed by atoms with Gasteiger partial charge in [0.05, 0.1) is 9.70 Å². The number of urea groups is 1. The number of carboxylic acid groups (broad SMARTS) is 1. The maximum atomic E-state index is 12.3. The number of rotatable bonds is 3. The molecule has 2 heterocycles. The van der Waals surface area contributed by atoms with Gasteiger partial charge in [-0.3, -0.25) is 4.79 Å². The van der Waals surface area contributed by atoms with E-state index >= 15 is 0 Å². The van der Waals surface area contributed by atoms with Gasteiger partial charge in [-0.25, -0.2) is 4.79 Å². The SMILES string of the molecule is CN(Cc1csc(Br)c1)C(=O)N1CCC(C(=O)O)CC1. The van der Waals surface area contributed by atoms with Gasteiger partial charge in [0.1, 0.15) is 0 Å². The number of amides is 2. The average Bonchev–Trinajstić information content (AvgIpc) is 2.83. The Bertz CT molecular complexity index is 498. The number of nitrogens with zero attached hydrogens (tertiary/aromatic N) is 2. The van der Waals surface area contributed by atoms with Crippen LogP contribution in [0.2, 0.25) is 0 Å². The molecule has 7 heteroatoms. The minimum atomic E-state index is -0.756. The van der Waals surface area contributed by atoms with Crippen LogP contribution >= 0.6 is 27.3 Å². The molecule has 1 aliphatic rings. The van der Waals surface area contributed by atoms with Gasteiger partial charge in [0.2, 0.25) is 0 Å². The zero-order valence-corrected chi connectivity index (χ0v) is 13.6. The summed E-state index contributed by atoms with van der Waals surface area (Å²) in [6.45, 7) is 1.61. The number of hydrogen-bond acceptors (Lipinski definition) is 3. The van der Waals surface area contributed by atoms with Gasteiger partial charge in [0, 0.05) is 26.7 Å². The van der Waals surface area contributed by atoms with E-state index in [0.29, 0.717) is 32.5 Å². The molecular formula is C13H17BrN2O3S. The summed E-state index contributed by atoms with van der Waals surface area (Å²) in [4.78, 5) is 26.6. The molecule has 110 valence electrons. The van der Waals surface area contributed by atoms with Crippen LogP contribution in [-0.4, -0.2) is 47.0 Å². The molecule has 0 radical (unpaired) electrons. The van der Waals surface area contributed by atoms with Crippen molar-refractivity contribution < 1.29 is 14.7 Å². The number of carbonyl (C=O) groups is 2. The van der Waals surface area contributed by atoms with E-state index in [-0.39, 0.29) is 11.9 Å². The van der Waals surface area contributed by atoms with Crippen molar-refractivity contribution >= 4 is 39.3 Å². The molecule has 1 saturated heterocycles. The second kappa shape index (κ2) is 6.58. The van der Waals surface area contributed by atoms with Crippen molar-refractivity contribution in [1.29, 1.82) is 0 Å². The molecular weight excluding hydrogens is 344 g/mol. The third kappa shape index (κ3) is 3.73. The molecule has 2 rings (SSSR count). The third-order valence-corrected chi connectivity index (χ3v) is 5.04. The number of aliphatic carboxylic acids is 1. The molecule has 1 fully saturated rings. The summed E-state index contributed by atoms with van der Waals surface area (Å²) < 4.78 is 1.05. The molecule has 0 saturated carbocycles. The Morgan fingerprint density at radius 2 is 2.15 bits per heavy atom. The summed E-state index contributed by atoms with van der Waals surface area (Å²) in [5.41, 5.74) is 1.10. The van der Waals surface area contributed by atoms with Crippen LogP contribution in [0.3, 0.4) is 0 Å². The molecule has 1 aromatic rings. The lowest BCUT2D eigenvalue weighted by Gasteiger charge is -2.33. The van der Waals surface area contributed by atoms with Crippen LogP contribution < -0.4 is 0 Å². The Morgan fingerprint density at radius 1 is 1.50 bits per heavy atom. The lowest BCUT2D eigenvalue weighted by molar-refractivity contribution is -0.143. The van der Waals surface area contributed by atoms with Crippen molar-refractivity contribution in [1.82, 2.24) is 9.80 Å². The van der Waals surface area contributed by atoms with Gasteiger partial charge in [0.25, 0.3) is 0 Å². The Hall–Kier alpha value is -1.08. The van der Waals surface area contributed by atoms with E-state index in [9.17, 15) is 9.59 Å². The van der Waals surface area contributed by atoms with Crippen LogP contribution in [0.4, 0.5) is 4.79 Å². The van der Waals surface area contributed by atoms with Crippen LogP contribution in [0.5, 0.6) is 0 Å². The summed E-state index contributed by atoms with van der Waals surface area (Å²) >= 11 is 5.00. The van der Waals surface area contributed by atoms with Gasteiger partial charge in [-0.2, -0.15) is 0 Å². The molecule has 0 aromatic carbocycles. The van der Waals surface area contributed by atoms with E-state index in [2.05, 4.69) is 15.9 Å². The van der Waals surface area contributed by atoms with Crippen LogP contribution in [-0.2, 0) is 11.3 Å². The van der Waals surface area contributed by atoms with Crippen LogP contribution in [0.1, 0.15) is 18.4 Å². The highest BCUT2D eigenvalue weighted by Crippen LogP contribution is 2.22.